The molecule has 86 heavy (non-hydrogen) atoms. The lowest BCUT2D eigenvalue weighted by molar-refractivity contribution is -0.192. The van der Waals surface area contributed by atoms with E-state index in [0.29, 0.717) is 44.8 Å². The molecule has 2 aromatic heterocycles. The highest BCUT2D eigenvalue weighted by Crippen LogP contribution is 2.35. The number of rotatable bonds is 19. The highest BCUT2D eigenvalue weighted by Gasteiger charge is 2.43. The Morgan fingerprint density at radius 1 is 0.651 bits per heavy atom. The van der Waals surface area contributed by atoms with Gasteiger partial charge in [-0.05, 0) is 136 Å². The average Bonchev–Trinajstić information content (AvgIpc) is 1.41. The number of hydrogen-bond acceptors (Lipinski definition) is 18. The molecule has 0 spiro atoms. The SMILES string of the molecule is CC(C)(C)OC(=O)CCC(=CF)COc1ccc(S(=O)(=O)N2CCC(C)(C(=O)NC3CCOCC3)CC2)cn1.CC(C)(C)OC(=O)CCC(=CF)COc1ccc(S(=O)(=O)N2CCC(C)(C(=O)O)CC2)cn1.NC1CCOCC1.O=C(O)C(F)(F)F. The number of pyridine rings is 2. The Hall–Kier alpha value is -5.92. The minimum absolute atomic E-state index is 0.00223. The van der Waals surface area contributed by atoms with Crippen LogP contribution in [-0.4, -0.2) is 171 Å². The first-order valence-electron chi connectivity index (χ1n) is 27.9. The van der Waals surface area contributed by atoms with Crippen LogP contribution in [0.1, 0.15) is 132 Å². The first kappa shape index (κ1) is 74.3. The molecular formula is C56H83F5N6O17S2. The Morgan fingerprint density at radius 3 is 1.30 bits per heavy atom. The normalized spacial score (nSPS) is 18.4. The number of sulfonamides is 2. The van der Waals surface area contributed by atoms with Crippen LogP contribution >= 0.6 is 0 Å². The third-order valence-corrected chi connectivity index (χ3v) is 17.5. The molecule has 0 atom stereocenters. The van der Waals surface area contributed by atoms with Crippen LogP contribution in [0.15, 0.2) is 70.3 Å². The molecule has 486 valence electrons. The van der Waals surface area contributed by atoms with Gasteiger partial charge in [0.05, 0.1) is 30.5 Å². The number of nitrogens with two attached hydrogens (primary N) is 1. The average molecular weight is 1270 g/mol. The summed E-state index contributed by atoms with van der Waals surface area (Å²) in [5, 5.41) is 19.5. The van der Waals surface area contributed by atoms with E-state index in [1.807, 2.05) is 6.92 Å². The highest BCUT2D eigenvalue weighted by atomic mass is 32.2. The molecule has 4 saturated heterocycles. The van der Waals surface area contributed by atoms with Gasteiger partial charge in [-0.15, -0.1) is 0 Å². The van der Waals surface area contributed by atoms with Gasteiger partial charge in [0, 0.05) is 95.1 Å². The minimum atomic E-state index is -5.08. The molecule has 6 rings (SSSR count). The van der Waals surface area contributed by atoms with Gasteiger partial charge >= 0.3 is 30.1 Å². The summed E-state index contributed by atoms with van der Waals surface area (Å²) >= 11 is 0. The number of carbonyl (C=O) groups is 5. The molecule has 4 aliphatic heterocycles. The molecule has 0 aromatic carbocycles. The van der Waals surface area contributed by atoms with Crippen molar-refractivity contribution in [2.75, 3.05) is 65.8 Å². The van der Waals surface area contributed by atoms with Gasteiger partial charge in [0.2, 0.25) is 37.7 Å². The van der Waals surface area contributed by atoms with Gasteiger partial charge in [0.15, 0.2) is 0 Å². The zero-order valence-corrected chi connectivity index (χ0v) is 51.6. The number of alkyl halides is 3. The van der Waals surface area contributed by atoms with Gasteiger partial charge < -0.3 is 49.7 Å². The first-order valence-corrected chi connectivity index (χ1v) is 30.7. The van der Waals surface area contributed by atoms with Crippen molar-refractivity contribution in [3.63, 3.8) is 0 Å². The molecule has 30 heteroatoms. The predicted octanol–water partition coefficient (Wildman–Crippen LogP) is 7.59. The van der Waals surface area contributed by atoms with E-state index in [0.717, 1.165) is 45.1 Å². The van der Waals surface area contributed by atoms with Crippen molar-refractivity contribution in [3.05, 3.63) is 60.5 Å². The molecular weight excluding hydrogens is 1190 g/mol. The molecule has 4 aliphatic rings. The topological polar surface area (TPSA) is 320 Å². The van der Waals surface area contributed by atoms with Crippen LogP contribution in [0.5, 0.6) is 11.8 Å². The number of carbonyl (C=O) groups excluding carboxylic acids is 3. The third-order valence-electron chi connectivity index (χ3n) is 13.7. The van der Waals surface area contributed by atoms with Crippen molar-refractivity contribution in [2.24, 2.45) is 16.6 Å². The van der Waals surface area contributed by atoms with Gasteiger partial charge in [-0.3, -0.25) is 19.2 Å². The number of aromatic nitrogens is 2. The summed E-state index contributed by atoms with van der Waals surface area (Å²) in [6.45, 7) is 17.3. The summed E-state index contributed by atoms with van der Waals surface area (Å²) in [5.41, 5.74) is 3.22. The number of amides is 1. The van der Waals surface area contributed by atoms with Crippen molar-refractivity contribution in [3.8, 4) is 11.8 Å². The largest absolute Gasteiger partial charge is 0.490 e. The number of esters is 2. The number of carboxylic acid groups (broad SMARTS) is 2. The van der Waals surface area contributed by atoms with Gasteiger partial charge in [0.1, 0.15) is 34.2 Å². The molecule has 5 N–H and O–H groups in total. The molecule has 4 fully saturated rings. The molecule has 1 amide bonds. The van der Waals surface area contributed by atoms with E-state index in [2.05, 4.69) is 15.3 Å². The fourth-order valence-electron chi connectivity index (χ4n) is 8.27. The third kappa shape index (κ3) is 25.8. The Balaban J connectivity index is 0.000000369. The van der Waals surface area contributed by atoms with Gasteiger partial charge in [-0.2, -0.15) is 21.8 Å². The maximum atomic E-state index is 13.3. The van der Waals surface area contributed by atoms with Crippen LogP contribution in [0.2, 0.25) is 0 Å². The molecule has 0 unspecified atom stereocenters. The van der Waals surface area contributed by atoms with Crippen LogP contribution in [0.25, 0.3) is 0 Å². The second-order valence-corrected chi connectivity index (χ2v) is 27.2. The van der Waals surface area contributed by atoms with E-state index in [1.165, 1.54) is 39.1 Å². The summed E-state index contributed by atoms with van der Waals surface area (Å²) < 4.78 is 145. The number of aliphatic carboxylic acids is 2. The van der Waals surface area contributed by atoms with Crippen LogP contribution < -0.4 is 20.5 Å². The van der Waals surface area contributed by atoms with Gasteiger partial charge in [-0.25, -0.2) is 40.4 Å². The predicted molar refractivity (Wildman–Crippen MR) is 302 cm³/mol. The van der Waals surface area contributed by atoms with E-state index in [4.69, 9.17) is 44.1 Å². The minimum Gasteiger partial charge on any atom is -0.481 e. The standard InChI is InChI=1S/C27H40FN3O7S.C22H31FN2O7S.C5H11NO.C2HF3O2/c1-26(2,3)38-24(32)8-5-20(17-28)19-37-23-7-6-22(18-29-23)39(34,35)31-13-11-27(4,12-14-31)25(33)30-21-9-15-36-16-10-21;1-21(2,3)32-19(26)8-5-16(13-23)15-31-18-7-6-17(14-24-18)33(29,30)25-11-9-22(4,10-12-25)20(27)28;6-5-1-3-7-4-2-5;3-2(4,5)1(6)7/h6-7,17-18,21H,5,8-16,19H2,1-4H3,(H,30,33);6-7,13-14H,5,8-12,15H2,1-4H3,(H,27,28);5H,1-4,6H2;(H,6,7). The Bertz CT molecular complexity index is 2800. The highest BCUT2D eigenvalue weighted by molar-refractivity contribution is 7.89. The molecule has 6 heterocycles. The fraction of sp³-hybridized carbons (Fsp3) is 0.661. The van der Waals surface area contributed by atoms with Gasteiger partial charge in [-0.1, -0.05) is 6.92 Å². The monoisotopic (exact) mass is 1270 g/mol. The van der Waals surface area contributed by atoms with Crippen LogP contribution in [-0.2, 0) is 63.0 Å². The van der Waals surface area contributed by atoms with Crippen molar-refractivity contribution in [1.82, 2.24) is 23.9 Å². The lowest BCUT2D eigenvalue weighted by Gasteiger charge is -2.38. The number of nitrogens with one attached hydrogen (secondary N) is 1. The van der Waals surface area contributed by atoms with E-state index in [9.17, 15) is 63.1 Å². The second-order valence-electron chi connectivity index (χ2n) is 23.3. The second kappa shape index (κ2) is 33.4. The number of ether oxygens (including phenoxy) is 6. The quantitative estimate of drug-likeness (QED) is 0.0777. The molecule has 0 aliphatic carbocycles. The summed E-state index contributed by atoms with van der Waals surface area (Å²) in [5.74, 6) is -4.39. The summed E-state index contributed by atoms with van der Waals surface area (Å²) in [7, 11) is -7.63. The maximum absolute atomic E-state index is 13.3. The smallest absolute Gasteiger partial charge is 0.481 e. The van der Waals surface area contributed by atoms with Crippen LogP contribution in [0.4, 0.5) is 22.0 Å². The van der Waals surface area contributed by atoms with Crippen molar-refractivity contribution in [1.29, 1.82) is 0 Å². The maximum Gasteiger partial charge on any atom is 0.490 e. The number of hydrogen-bond donors (Lipinski definition) is 4. The van der Waals surface area contributed by atoms with Gasteiger partial charge in [0.25, 0.3) is 0 Å². The number of carboxylic acids is 2. The lowest BCUT2D eigenvalue weighted by Crippen LogP contribution is -2.51. The zero-order valence-electron chi connectivity index (χ0n) is 49.9. The fourth-order valence-corrected chi connectivity index (χ4v) is 11.0. The van der Waals surface area contributed by atoms with E-state index < -0.39 is 72.1 Å². The van der Waals surface area contributed by atoms with Crippen molar-refractivity contribution < 1.29 is 101 Å². The number of nitrogens with zero attached hydrogens (tertiary/aromatic N) is 4. The van der Waals surface area contributed by atoms with E-state index >= 15 is 0 Å². The first-order chi connectivity index (χ1) is 39.9. The van der Waals surface area contributed by atoms with Crippen LogP contribution in [0, 0.1) is 10.8 Å². The summed E-state index contributed by atoms with van der Waals surface area (Å²) in [4.78, 5) is 64.8. The molecule has 0 saturated carbocycles. The van der Waals surface area contributed by atoms with Crippen LogP contribution in [0.3, 0.4) is 0 Å². The molecule has 0 bridgehead atoms. The van der Waals surface area contributed by atoms with Crippen molar-refractivity contribution >= 4 is 49.8 Å². The Kier molecular flexibility index (Phi) is 28.9. The Morgan fingerprint density at radius 2 is 1.01 bits per heavy atom. The Labute approximate surface area is 499 Å². The molecule has 0 radical (unpaired) electrons. The summed E-state index contributed by atoms with van der Waals surface area (Å²) in [6, 6.07) is 6.01. The van der Waals surface area contributed by atoms with E-state index in [-0.39, 0.29) is 123 Å². The lowest BCUT2D eigenvalue weighted by atomic mass is 9.80. The van der Waals surface area contributed by atoms with Crippen molar-refractivity contribution in [2.45, 2.75) is 172 Å². The molecule has 23 nitrogen and oxygen atoms in total. The van der Waals surface area contributed by atoms with E-state index in [1.54, 1.807) is 48.5 Å². The molecule has 2 aromatic rings. The number of halogens is 5. The summed E-state index contributed by atoms with van der Waals surface area (Å²) in [6.07, 6.45) is 3.18. The number of piperidine rings is 2. The zero-order chi connectivity index (χ0) is 64.7.